The van der Waals surface area contributed by atoms with Gasteiger partial charge >= 0.3 is 23.1 Å². The normalized spacial score (nSPS) is 6.17. The number of rotatable bonds is 2. The maximum absolute atomic E-state index is 9.32. The van der Waals surface area contributed by atoms with Crippen molar-refractivity contribution in [1.82, 2.24) is 0 Å². The molecule has 0 amide bonds. The summed E-state index contributed by atoms with van der Waals surface area (Å²) in [4.78, 5) is 9.32. The monoisotopic (exact) mass is 118 g/mol. The van der Waals surface area contributed by atoms with E-state index in [1.807, 2.05) is 0 Å². The minimum atomic E-state index is 0. The average molecular weight is 119 g/mol. The molecular weight excluding hydrogens is 112 g/mol. The molecule has 0 N–H and O–H groups in total. The van der Waals surface area contributed by atoms with Gasteiger partial charge in [-0.25, -0.2) is 0 Å². The van der Waals surface area contributed by atoms with E-state index in [2.05, 4.69) is 0 Å². The summed E-state index contributed by atoms with van der Waals surface area (Å²) in [5.41, 5.74) is 0. The van der Waals surface area contributed by atoms with E-state index in [0.717, 1.165) is 6.29 Å². The summed E-state index contributed by atoms with van der Waals surface area (Å²) < 4.78 is 0. The summed E-state index contributed by atoms with van der Waals surface area (Å²) in [6.45, 7) is 0. The van der Waals surface area contributed by atoms with Crippen molar-refractivity contribution in [2.24, 2.45) is 0 Å². The van der Waals surface area contributed by atoms with Gasteiger partial charge in [-0.05, 0) is 0 Å². The molecule has 0 aliphatic carbocycles. The number of hydrogen-bond acceptors (Lipinski definition) is 1. The zero-order valence-electron chi connectivity index (χ0n) is 5.48. The summed E-state index contributed by atoms with van der Waals surface area (Å²) in [7, 11) is 0. The Bertz CT molecular complexity index is 38.5. The van der Waals surface area contributed by atoms with Crippen LogP contribution in [-0.2, 0) is 4.79 Å². The van der Waals surface area contributed by atoms with Crippen molar-refractivity contribution in [2.45, 2.75) is 6.42 Å². The second-order valence-electron chi connectivity index (χ2n) is 0.644. The Morgan fingerprint density at radius 1 is 1.83 bits per heavy atom. The maximum atomic E-state index is 9.32. The molecule has 6 heavy (non-hydrogen) atoms. The average Bonchev–Trinajstić information content (AvgIpc) is 1.41. The van der Waals surface area contributed by atoms with Crippen LogP contribution in [0.25, 0.3) is 0 Å². The number of halogens is 1. The zero-order valence-corrected chi connectivity index (χ0v) is 5.66. The quantitative estimate of drug-likeness (QED) is 0.296. The number of carbonyl (C=O) groups excluding carboxylic acids is 1. The van der Waals surface area contributed by atoms with Crippen molar-refractivity contribution in [1.29, 1.82) is 0 Å². The Morgan fingerprint density at radius 3 is 2.33 bits per heavy atom. The SMILES string of the molecule is O=CCCCl.[H-].[H-].[Mg+2]. The van der Waals surface area contributed by atoms with Crippen molar-refractivity contribution in [3.8, 4) is 0 Å². The van der Waals surface area contributed by atoms with Gasteiger partial charge < -0.3 is 7.65 Å². The van der Waals surface area contributed by atoms with E-state index in [9.17, 15) is 4.79 Å². The fourth-order valence-corrected chi connectivity index (χ4v) is 0.134. The van der Waals surface area contributed by atoms with E-state index in [1.165, 1.54) is 0 Å². The third-order valence-electron chi connectivity index (χ3n) is 0.227. The fraction of sp³-hybridized carbons (Fsp3) is 0.667. The predicted molar refractivity (Wildman–Crippen MR) is 29.4 cm³/mol. The molecule has 0 heterocycles. The first-order chi connectivity index (χ1) is 2.41. The van der Waals surface area contributed by atoms with Crippen molar-refractivity contribution >= 4 is 40.9 Å². The van der Waals surface area contributed by atoms with Gasteiger partial charge in [0.05, 0.1) is 0 Å². The molecule has 0 bridgehead atoms. The van der Waals surface area contributed by atoms with Crippen LogP contribution in [0.2, 0.25) is 0 Å². The summed E-state index contributed by atoms with van der Waals surface area (Å²) >= 11 is 5.07. The second-order valence-corrected chi connectivity index (χ2v) is 1.02. The Kier molecular flexibility index (Phi) is 15.2. The van der Waals surface area contributed by atoms with Crippen LogP contribution in [0, 0.1) is 0 Å². The molecule has 3 heteroatoms. The molecule has 0 saturated carbocycles. The molecule has 0 saturated heterocycles. The van der Waals surface area contributed by atoms with Gasteiger partial charge in [0.1, 0.15) is 6.29 Å². The van der Waals surface area contributed by atoms with Crippen LogP contribution in [0.4, 0.5) is 0 Å². The topological polar surface area (TPSA) is 17.1 Å². The number of hydrogen-bond donors (Lipinski definition) is 0. The molecule has 0 atom stereocenters. The Balaban J connectivity index is -0.0000000267. The third kappa shape index (κ3) is 8.83. The van der Waals surface area contributed by atoms with Crippen LogP contribution in [-0.4, -0.2) is 35.2 Å². The van der Waals surface area contributed by atoms with E-state index >= 15 is 0 Å². The van der Waals surface area contributed by atoms with Crippen molar-refractivity contribution < 1.29 is 7.65 Å². The van der Waals surface area contributed by atoms with Gasteiger partial charge in [0, 0.05) is 12.3 Å². The van der Waals surface area contributed by atoms with Crippen LogP contribution in [0.5, 0.6) is 0 Å². The van der Waals surface area contributed by atoms with Crippen LogP contribution in [0.1, 0.15) is 9.27 Å². The Labute approximate surface area is 61.2 Å². The Morgan fingerprint density at radius 2 is 2.33 bits per heavy atom. The van der Waals surface area contributed by atoms with Crippen LogP contribution >= 0.6 is 11.6 Å². The molecule has 0 aromatic carbocycles. The van der Waals surface area contributed by atoms with Gasteiger partial charge in [-0.2, -0.15) is 0 Å². The summed E-state index contributed by atoms with van der Waals surface area (Å²) in [6, 6.07) is 0. The molecular formula is C3H7ClMgO. The van der Waals surface area contributed by atoms with Crippen LogP contribution in [0.15, 0.2) is 0 Å². The van der Waals surface area contributed by atoms with E-state index in [4.69, 9.17) is 11.6 Å². The van der Waals surface area contributed by atoms with E-state index in [-0.39, 0.29) is 25.9 Å². The first kappa shape index (κ1) is 9.87. The second kappa shape index (κ2) is 9.21. The number of aldehydes is 1. The van der Waals surface area contributed by atoms with E-state index < -0.39 is 0 Å². The third-order valence-corrected chi connectivity index (χ3v) is 0.445. The van der Waals surface area contributed by atoms with Gasteiger partial charge in [-0.3, -0.25) is 0 Å². The summed E-state index contributed by atoms with van der Waals surface area (Å²) in [5, 5.41) is 0. The van der Waals surface area contributed by atoms with Gasteiger partial charge in [0.15, 0.2) is 0 Å². The molecule has 0 fully saturated rings. The van der Waals surface area contributed by atoms with E-state index in [1.54, 1.807) is 0 Å². The number of carbonyl (C=O) groups is 1. The van der Waals surface area contributed by atoms with Crippen LogP contribution in [0.3, 0.4) is 0 Å². The summed E-state index contributed by atoms with van der Waals surface area (Å²) in [6.07, 6.45) is 1.27. The first-order valence-corrected chi connectivity index (χ1v) is 1.95. The van der Waals surface area contributed by atoms with Crippen LogP contribution < -0.4 is 0 Å². The van der Waals surface area contributed by atoms with Gasteiger partial charge in [0.25, 0.3) is 0 Å². The maximum Gasteiger partial charge on any atom is 2.00 e. The van der Waals surface area contributed by atoms with Gasteiger partial charge in [-0.1, -0.05) is 0 Å². The molecule has 0 aromatic rings. The predicted octanol–water partition coefficient (Wildman–Crippen LogP) is 0.658. The minimum absolute atomic E-state index is 0. The zero-order chi connectivity index (χ0) is 4.12. The van der Waals surface area contributed by atoms with E-state index in [0.29, 0.717) is 12.3 Å². The molecule has 0 radical (unpaired) electrons. The van der Waals surface area contributed by atoms with Crippen molar-refractivity contribution in [3.05, 3.63) is 0 Å². The smallest absolute Gasteiger partial charge is 1.00 e. The first-order valence-electron chi connectivity index (χ1n) is 1.41. The summed E-state index contributed by atoms with van der Waals surface area (Å²) in [5.74, 6) is 0.448. The molecule has 34 valence electrons. The molecule has 0 spiro atoms. The fourth-order valence-electron chi connectivity index (χ4n) is 0.0445. The standard InChI is InChI=1S/C3H5ClO.Mg.2H/c4-2-1-3-5;;;/h3H,1-2H2;;;/q;+2;2*-1. The Hall–Kier alpha value is 0.726. The van der Waals surface area contributed by atoms with Crippen molar-refractivity contribution in [2.75, 3.05) is 5.88 Å². The van der Waals surface area contributed by atoms with Gasteiger partial charge in [-0.15, -0.1) is 11.6 Å². The molecule has 0 unspecified atom stereocenters. The largest absolute Gasteiger partial charge is 2.00 e. The van der Waals surface area contributed by atoms with Gasteiger partial charge in [0.2, 0.25) is 0 Å². The molecule has 0 rings (SSSR count). The minimum Gasteiger partial charge on any atom is -1.00 e. The van der Waals surface area contributed by atoms with Crippen molar-refractivity contribution in [3.63, 3.8) is 0 Å². The molecule has 0 aliphatic heterocycles. The molecule has 0 aliphatic rings. The molecule has 0 aromatic heterocycles. The number of alkyl halides is 1. The molecule has 1 nitrogen and oxygen atoms in total.